The highest BCUT2D eigenvalue weighted by Gasteiger charge is 2.11. The minimum absolute atomic E-state index is 0.675. The maximum Gasteiger partial charge on any atom is 0.194 e. The molecule has 98 valence electrons. The highest BCUT2D eigenvalue weighted by Crippen LogP contribution is 2.23. The molecule has 0 atom stereocenters. The summed E-state index contributed by atoms with van der Waals surface area (Å²) in [7, 11) is 0. The summed E-state index contributed by atoms with van der Waals surface area (Å²) in [6.07, 6.45) is 5.52. The minimum atomic E-state index is 0.675. The second kappa shape index (κ2) is 4.83. The van der Waals surface area contributed by atoms with Crippen molar-refractivity contribution in [3.63, 3.8) is 0 Å². The summed E-state index contributed by atoms with van der Waals surface area (Å²) < 4.78 is 2.13. The van der Waals surface area contributed by atoms with Crippen molar-refractivity contribution < 1.29 is 0 Å². The molecule has 0 aliphatic heterocycles. The molecule has 19 heavy (non-hydrogen) atoms. The maximum atomic E-state index is 6.10. The Labute approximate surface area is 120 Å². The lowest BCUT2D eigenvalue weighted by Gasteiger charge is -2.07. The number of anilines is 1. The van der Waals surface area contributed by atoms with Crippen LogP contribution in [0.1, 0.15) is 16.3 Å². The number of hydrogen-bond acceptors (Lipinski definition) is 4. The molecule has 0 aliphatic rings. The number of thiazole rings is 1. The molecule has 4 nitrogen and oxygen atoms in total. The van der Waals surface area contributed by atoms with Crippen LogP contribution < -0.4 is 5.32 Å². The van der Waals surface area contributed by atoms with Crippen LogP contribution in [0.5, 0.6) is 0 Å². The number of fused-ring (bicyclic) bond motifs is 1. The number of aromatic nitrogens is 3. The average molecular weight is 293 g/mol. The third kappa shape index (κ3) is 2.31. The Morgan fingerprint density at radius 1 is 1.42 bits per heavy atom. The zero-order chi connectivity index (χ0) is 13.4. The molecule has 0 radical (unpaired) electrons. The van der Waals surface area contributed by atoms with E-state index in [1.807, 2.05) is 6.92 Å². The largest absolute Gasteiger partial charge is 0.377 e. The Kier molecular flexibility index (Phi) is 3.16. The maximum absolute atomic E-state index is 6.10. The number of halogens is 1. The van der Waals surface area contributed by atoms with Crippen LogP contribution in [0.2, 0.25) is 5.02 Å². The summed E-state index contributed by atoms with van der Waals surface area (Å²) in [6.45, 7) is 4.79. The first-order valence-corrected chi connectivity index (χ1v) is 7.12. The van der Waals surface area contributed by atoms with Gasteiger partial charge in [0.2, 0.25) is 0 Å². The summed E-state index contributed by atoms with van der Waals surface area (Å²) in [6, 6.07) is 1.78. The number of nitrogens with zero attached hydrogens (tertiary/aromatic N) is 3. The summed E-state index contributed by atoms with van der Waals surface area (Å²) >= 11 is 7.80. The van der Waals surface area contributed by atoms with Crippen LogP contribution in [0.15, 0.2) is 24.7 Å². The van der Waals surface area contributed by atoms with Crippen LogP contribution in [-0.2, 0) is 6.54 Å². The number of imidazole rings is 1. The molecule has 0 aromatic carbocycles. The Morgan fingerprint density at radius 2 is 2.26 bits per heavy atom. The molecule has 0 amide bonds. The Balaban J connectivity index is 1.89. The smallest absolute Gasteiger partial charge is 0.194 e. The average Bonchev–Trinajstić information content (AvgIpc) is 2.84. The summed E-state index contributed by atoms with van der Waals surface area (Å²) in [5.74, 6) is 0. The first kappa shape index (κ1) is 12.4. The third-order valence-electron chi connectivity index (χ3n) is 2.96. The molecule has 6 heteroatoms. The second-order valence-electron chi connectivity index (χ2n) is 4.35. The van der Waals surface area contributed by atoms with Crippen LogP contribution >= 0.6 is 22.9 Å². The molecule has 0 aliphatic carbocycles. The van der Waals surface area contributed by atoms with Gasteiger partial charge in [-0.05, 0) is 19.9 Å². The van der Waals surface area contributed by atoms with E-state index in [-0.39, 0.29) is 0 Å². The molecule has 3 rings (SSSR count). The van der Waals surface area contributed by atoms with Gasteiger partial charge < -0.3 is 5.32 Å². The zero-order valence-corrected chi connectivity index (χ0v) is 12.2. The molecular formula is C13H13ClN4S. The van der Waals surface area contributed by atoms with Gasteiger partial charge >= 0.3 is 0 Å². The fourth-order valence-electron chi connectivity index (χ4n) is 2.01. The molecule has 0 saturated carbocycles. The zero-order valence-electron chi connectivity index (χ0n) is 10.6. The molecule has 0 fully saturated rings. The standard InChI is InChI=1S/C13H13ClN4S/c1-8-7-18-12(9(2)17-13(18)19-8)6-16-11-5-15-4-3-10(11)14/h3-5,7,16H,6H2,1-2H3. The van der Waals surface area contributed by atoms with E-state index in [0.29, 0.717) is 11.6 Å². The highest BCUT2D eigenvalue weighted by atomic mass is 35.5. The predicted octanol–water partition coefficient (Wildman–Crippen LogP) is 3.67. The fourth-order valence-corrected chi connectivity index (χ4v) is 3.07. The van der Waals surface area contributed by atoms with E-state index in [2.05, 4.69) is 32.8 Å². The van der Waals surface area contributed by atoms with E-state index in [0.717, 1.165) is 22.0 Å². The number of nitrogens with one attached hydrogen (secondary N) is 1. The van der Waals surface area contributed by atoms with Gasteiger partial charge in [0, 0.05) is 17.3 Å². The van der Waals surface area contributed by atoms with E-state index >= 15 is 0 Å². The molecule has 3 aromatic rings. The number of rotatable bonds is 3. The van der Waals surface area contributed by atoms with Crippen molar-refractivity contribution >= 4 is 33.6 Å². The third-order valence-corrected chi connectivity index (χ3v) is 4.18. The summed E-state index contributed by atoms with van der Waals surface area (Å²) in [5, 5.41) is 3.98. The first-order valence-electron chi connectivity index (χ1n) is 5.92. The van der Waals surface area contributed by atoms with Gasteiger partial charge in [0.1, 0.15) is 0 Å². The lowest BCUT2D eigenvalue weighted by atomic mass is 10.3. The van der Waals surface area contributed by atoms with Crippen LogP contribution in [0.4, 0.5) is 5.69 Å². The van der Waals surface area contributed by atoms with Gasteiger partial charge in [-0.25, -0.2) is 4.98 Å². The predicted molar refractivity (Wildman–Crippen MR) is 79.1 cm³/mol. The van der Waals surface area contributed by atoms with Crippen molar-refractivity contribution in [1.29, 1.82) is 0 Å². The van der Waals surface area contributed by atoms with E-state index in [1.165, 1.54) is 4.88 Å². The van der Waals surface area contributed by atoms with Crippen molar-refractivity contribution in [2.75, 3.05) is 5.32 Å². The monoisotopic (exact) mass is 292 g/mol. The van der Waals surface area contributed by atoms with Crippen molar-refractivity contribution in [3.05, 3.63) is 45.9 Å². The molecule has 3 heterocycles. The molecule has 1 N–H and O–H groups in total. The number of hydrogen-bond donors (Lipinski definition) is 1. The van der Waals surface area contributed by atoms with Gasteiger partial charge in [-0.15, -0.1) is 11.3 Å². The van der Waals surface area contributed by atoms with E-state index < -0.39 is 0 Å². The van der Waals surface area contributed by atoms with Gasteiger partial charge in [-0.1, -0.05) is 11.6 Å². The van der Waals surface area contributed by atoms with Gasteiger partial charge in [-0.2, -0.15) is 0 Å². The first-order chi connectivity index (χ1) is 9.15. The fraction of sp³-hybridized carbons (Fsp3) is 0.231. The lowest BCUT2D eigenvalue weighted by Crippen LogP contribution is -2.04. The Morgan fingerprint density at radius 3 is 3.05 bits per heavy atom. The van der Waals surface area contributed by atoms with Crippen molar-refractivity contribution in [2.24, 2.45) is 0 Å². The van der Waals surface area contributed by atoms with Crippen molar-refractivity contribution in [1.82, 2.24) is 14.4 Å². The van der Waals surface area contributed by atoms with Crippen LogP contribution in [0.3, 0.4) is 0 Å². The van der Waals surface area contributed by atoms with Gasteiger partial charge in [0.15, 0.2) is 4.96 Å². The molecule has 3 aromatic heterocycles. The number of pyridine rings is 1. The molecule has 0 unspecified atom stereocenters. The van der Waals surface area contributed by atoms with Crippen molar-refractivity contribution in [3.8, 4) is 0 Å². The lowest BCUT2D eigenvalue weighted by molar-refractivity contribution is 0.989. The topological polar surface area (TPSA) is 42.2 Å². The van der Waals surface area contributed by atoms with Gasteiger partial charge in [0.25, 0.3) is 0 Å². The van der Waals surface area contributed by atoms with E-state index in [4.69, 9.17) is 11.6 Å². The van der Waals surface area contributed by atoms with Crippen LogP contribution in [0.25, 0.3) is 4.96 Å². The SMILES string of the molecule is Cc1cn2c(CNc3cnccc3Cl)c(C)nc2s1. The molecule has 0 bridgehead atoms. The summed E-state index contributed by atoms with van der Waals surface area (Å²) in [5.41, 5.74) is 3.03. The summed E-state index contributed by atoms with van der Waals surface area (Å²) in [4.78, 5) is 10.9. The molecular weight excluding hydrogens is 280 g/mol. The van der Waals surface area contributed by atoms with Crippen LogP contribution in [-0.4, -0.2) is 14.4 Å². The minimum Gasteiger partial charge on any atom is -0.377 e. The quantitative estimate of drug-likeness (QED) is 0.801. The van der Waals surface area contributed by atoms with E-state index in [1.54, 1.807) is 29.8 Å². The normalized spacial score (nSPS) is 11.1. The number of aryl methyl sites for hydroxylation is 2. The molecule has 0 spiro atoms. The van der Waals surface area contributed by atoms with Gasteiger partial charge in [0.05, 0.1) is 34.8 Å². The van der Waals surface area contributed by atoms with Crippen molar-refractivity contribution in [2.45, 2.75) is 20.4 Å². The highest BCUT2D eigenvalue weighted by molar-refractivity contribution is 7.17. The van der Waals surface area contributed by atoms with Gasteiger partial charge in [-0.3, -0.25) is 9.38 Å². The van der Waals surface area contributed by atoms with E-state index in [9.17, 15) is 0 Å². The second-order valence-corrected chi connectivity index (χ2v) is 5.97. The Bertz CT molecular complexity index is 731. The molecule has 0 saturated heterocycles. The Hall–Kier alpha value is -1.59. The van der Waals surface area contributed by atoms with Crippen LogP contribution in [0, 0.1) is 13.8 Å².